The Morgan fingerprint density at radius 2 is 2.09 bits per heavy atom. The van der Waals surface area contributed by atoms with Crippen LogP contribution in [0.4, 0.5) is 5.82 Å². The summed E-state index contributed by atoms with van der Waals surface area (Å²) in [7, 11) is 0. The molecule has 1 atom stereocenters. The summed E-state index contributed by atoms with van der Waals surface area (Å²) in [4.78, 5) is 25.8. The van der Waals surface area contributed by atoms with Crippen LogP contribution in [0.2, 0.25) is 0 Å². The molecule has 2 aliphatic heterocycles. The van der Waals surface area contributed by atoms with Gasteiger partial charge in [-0.1, -0.05) is 12.1 Å². The number of aromatic nitrogens is 5. The Bertz CT molecular complexity index is 1280. The van der Waals surface area contributed by atoms with E-state index in [4.69, 9.17) is 9.72 Å². The molecule has 4 aromatic rings. The van der Waals surface area contributed by atoms with Gasteiger partial charge in [0.05, 0.1) is 42.4 Å². The molecule has 3 aromatic heterocycles. The van der Waals surface area contributed by atoms with Crippen LogP contribution < -0.4 is 10.2 Å². The average Bonchev–Trinajstić information content (AvgIpc) is 3.49. The lowest BCUT2D eigenvalue weighted by molar-refractivity contribution is -0.121. The molecule has 0 radical (unpaired) electrons. The fourth-order valence-electron chi connectivity index (χ4n) is 4.75. The van der Waals surface area contributed by atoms with E-state index in [0.717, 1.165) is 65.4 Å². The predicted molar refractivity (Wildman–Crippen MR) is 119 cm³/mol. The zero-order valence-corrected chi connectivity index (χ0v) is 17.6. The zero-order chi connectivity index (χ0) is 21.5. The molecule has 1 amide bonds. The second kappa shape index (κ2) is 7.88. The molecule has 32 heavy (non-hydrogen) atoms. The number of anilines is 1. The van der Waals surface area contributed by atoms with E-state index in [2.05, 4.69) is 35.9 Å². The molecule has 164 valence electrons. The average molecular weight is 432 g/mol. The summed E-state index contributed by atoms with van der Waals surface area (Å²) in [6.07, 6.45) is 6.54. The van der Waals surface area contributed by atoms with Gasteiger partial charge < -0.3 is 19.9 Å². The maximum Gasteiger partial charge on any atom is 0.210 e. The molecule has 10 nitrogen and oxygen atoms in total. The molecule has 1 aromatic carbocycles. The molecular formula is C22H24N8O2. The van der Waals surface area contributed by atoms with Crippen molar-refractivity contribution < 1.29 is 9.53 Å². The Morgan fingerprint density at radius 3 is 2.97 bits per heavy atom. The summed E-state index contributed by atoms with van der Waals surface area (Å²) in [6, 6.07) is 5.94. The van der Waals surface area contributed by atoms with Gasteiger partial charge in [0, 0.05) is 56.1 Å². The zero-order valence-electron chi connectivity index (χ0n) is 17.6. The van der Waals surface area contributed by atoms with E-state index in [9.17, 15) is 4.79 Å². The van der Waals surface area contributed by atoms with E-state index in [1.165, 1.54) is 0 Å². The van der Waals surface area contributed by atoms with Crippen LogP contribution in [-0.4, -0.2) is 81.8 Å². The van der Waals surface area contributed by atoms with Gasteiger partial charge in [-0.15, -0.1) is 0 Å². The number of imidazole rings is 1. The second-order valence-electron chi connectivity index (χ2n) is 8.09. The van der Waals surface area contributed by atoms with Crippen molar-refractivity contribution >= 4 is 28.8 Å². The quantitative estimate of drug-likeness (QED) is 0.467. The first-order chi connectivity index (χ1) is 15.8. The van der Waals surface area contributed by atoms with Gasteiger partial charge in [-0.2, -0.15) is 5.10 Å². The molecule has 2 aliphatic rings. The minimum absolute atomic E-state index is 0.171. The Labute approximate surface area is 184 Å². The lowest BCUT2D eigenvalue weighted by Crippen LogP contribution is -2.45. The van der Waals surface area contributed by atoms with Crippen LogP contribution in [0, 0.1) is 0 Å². The fourth-order valence-corrected chi connectivity index (χ4v) is 4.75. The molecule has 1 unspecified atom stereocenters. The number of nitrogens with zero attached hydrogens (tertiary/aromatic N) is 6. The number of ether oxygens (including phenoxy) is 1. The molecular weight excluding hydrogens is 408 g/mol. The summed E-state index contributed by atoms with van der Waals surface area (Å²) in [5.41, 5.74) is 4.59. The summed E-state index contributed by atoms with van der Waals surface area (Å²) < 4.78 is 7.64. The number of carbonyl (C=O) groups excluding carboxylic acids is 1. The van der Waals surface area contributed by atoms with Crippen molar-refractivity contribution in [3.05, 3.63) is 42.5 Å². The molecule has 0 bridgehead atoms. The highest BCUT2D eigenvalue weighted by molar-refractivity contribution is 5.95. The van der Waals surface area contributed by atoms with Gasteiger partial charge in [-0.25, -0.2) is 9.97 Å². The van der Waals surface area contributed by atoms with Gasteiger partial charge >= 0.3 is 0 Å². The highest BCUT2D eigenvalue weighted by atomic mass is 16.5. The normalized spacial score (nSPS) is 19.7. The number of benzene rings is 1. The van der Waals surface area contributed by atoms with E-state index in [1.54, 1.807) is 0 Å². The number of carbonyl (C=O) groups is 1. The van der Waals surface area contributed by atoms with Crippen LogP contribution in [0.15, 0.2) is 36.8 Å². The number of rotatable bonds is 4. The van der Waals surface area contributed by atoms with E-state index in [-0.39, 0.29) is 6.04 Å². The molecule has 6 rings (SSSR count). The molecule has 2 saturated heterocycles. The highest BCUT2D eigenvalue weighted by Gasteiger charge is 2.31. The molecule has 2 fully saturated rings. The van der Waals surface area contributed by atoms with Gasteiger partial charge in [0.15, 0.2) is 11.5 Å². The number of fused-ring (bicyclic) bond motifs is 2. The first-order valence-electron chi connectivity index (χ1n) is 10.9. The number of nitrogens with one attached hydrogen (secondary N) is 2. The smallest absolute Gasteiger partial charge is 0.210 e. The Hall–Kier alpha value is -3.50. The number of hydrogen-bond acceptors (Lipinski definition) is 7. The minimum atomic E-state index is -0.171. The Balaban J connectivity index is 1.62. The van der Waals surface area contributed by atoms with Crippen LogP contribution >= 0.6 is 0 Å². The van der Waals surface area contributed by atoms with Gasteiger partial charge in [0.25, 0.3) is 0 Å². The molecule has 0 aliphatic carbocycles. The Kier molecular flexibility index (Phi) is 4.73. The molecule has 2 N–H and O–H groups in total. The van der Waals surface area contributed by atoms with Crippen LogP contribution in [0.25, 0.3) is 27.8 Å². The van der Waals surface area contributed by atoms with Crippen molar-refractivity contribution in [3.63, 3.8) is 0 Å². The maximum absolute atomic E-state index is 11.9. The van der Waals surface area contributed by atoms with Crippen molar-refractivity contribution in [2.75, 3.05) is 50.8 Å². The van der Waals surface area contributed by atoms with Crippen molar-refractivity contribution in [2.24, 2.45) is 0 Å². The molecule has 0 spiro atoms. The fraction of sp³-hybridized carbons (Fsp3) is 0.364. The van der Waals surface area contributed by atoms with Gasteiger partial charge in [0.1, 0.15) is 0 Å². The van der Waals surface area contributed by atoms with Crippen molar-refractivity contribution in [1.29, 1.82) is 0 Å². The number of amides is 1. The van der Waals surface area contributed by atoms with Crippen LogP contribution in [0.1, 0.15) is 11.7 Å². The van der Waals surface area contributed by atoms with Crippen LogP contribution in [-0.2, 0) is 9.53 Å². The molecule has 10 heteroatoms. The largest absolute Gasteiger partial charge is 0.378 e. The first-order valence-corrected chi connectivity index (χ1v) is 10.9. The molecule has 5 heterocycles. The standard InChI is InChI=1S/C22H24N8O2/c31-14-29-6-4-23-13-18(29)19-20(15-2-1-3-17-16(15)12-25-27-17)30-7-5-24-21(22(30)26-19)28-8-10-32-11-9-28/h1-3,5,7,12,14,18,23H,4,6,8-11,13H2,(H,25,27). The lowest BCUT2D eigenvalue weighted by Gasteiger charge is -2.32. The number of H-pyrrole nitrogens is 1. The number of piperazine rings is 1. The van der Waals surface area contributed by atoms with Crippen molar-refractivity contribution in [2.45, 2.75) is 6.04 Å². The predicted octanol–water partition coefficient (Wildman–Crippen LogP) is 1.21. The molecule has 0 saturated carbocycles. The first kappa shape index (κ1) is 19.2. The van der Waals surface area contributed by atoms with Crippen LogP contribution in [0.5, 0.6) is 0 Å². The summed E-state index contributed by atoms with van der Waals surface area (Å²) in [5.74, 6) is 0.837. The summed E-state index contributed by atoms with van der Waals surface area (Å²) >= 11 is 0. The van der Waals surface area contributed by atoms with Gasteiger partial charge in [0.2, 0.25) is 6.41 Å². The maximum atomic E-state index is 11.9. The monoisotopic (exact) mass is 432 g/mol. The Morgan fingerprint density at radius 1 is 1.19 bits per heavy atom. The third-order valence-electron chi connectivity index (χ3n) is 6.34. The van der Waals surface area contributed by atoms with E-state index in [0.29, 0.717) is 26.3 Å². The second-order valence-corrected chi connectivity index (χ2v) is 8.09. The van der Waals surface area contributed by atoms with E-state index < -0.39 is 0 Å². The SMILES string of the molecule is O=CN1CCNCC1c1nc2c(N3CCOCC3)nccn2c1-c1cccc2[nH]ncc12. The summed E-state index contributed by atoms with van der Waals surface area (Å²) in [6.45, 7) is 4.95. The van der Waals surface area contributed by atoms with E-state index >= 15 is 0 Å². The highest BCUT2D eigenvalue weighted by Crippen LogP contribution is 2.37. The summed E-state index contributed by atoms with van der Waals surface area (Å²) in [5, 5.41) is 11.7. The van der Waals surface area contributed by atoms with Crippen molar-refractivity contribution in [1.82, 2.24) is 34.8 Å². The number of aromatic amines is 1. The number of hydrogen-bond donors (Lipinski definition) is 2. The van der Waals surface area contributed by atoms with Crippen LogP contribution in [0.3, 0.4) is 0 Å². The van der Waals surface area contributed by atoms with Crippen molar-refractivity contribution in [3.8, 4) is 11.3 Å². The third kappa shape index (κ3) is 3.02. The minimum Gasteiger partial charge on any atom is -0.378 e. The lowest BCUT2D eigenvalue weighted by atomic mass is 10.0. The van der Waals surface area contributed by atoms with Gasteiger partial charge in [-0.05, 0) is 6.07 Å². The number of morpholine rings is 1. The van der Waals surface area contributed by atoms with E-state index in [1.807, 2.05) is 35.6 Å². The third-order valence-corrected chi connectivity index (χ3v) is 6.34. The van der Waals surface area contributed by atoms with Gasteiger partial charge in [-0.3, -0.25) is 14.3 Å². The topological polar surface area (TPSA) is 104 Å².